The summed E-state index contributed by atoms with van der Waals surface area (Å²) in [5.74, 6) is 0. The minimum atomic E-state index is 0.750. The summed E-state index contributed by atoms with van der Waals surface area (Å²) in [6.45, 7) is 3.89. The van der Waals surface area contributed by atoms with Gasteiger partial charge < -0.3 is 5.32 Å². The Labute approximate surface area is 122 Å². The molecule has 1 N–H and O–H groups in total. The van der Waals surface area contributed by atoms with Crippen LogP contribution in [-0.2, 0) is 13.6 Å². The van der Waals surface area contributed by atoms with E-state index in [2.05, 4.69) is 33.0 Å². The van der Waals surface area contributed by atoms with Crippen molar-refractivity contribution < 1.29 is 0 Å². The molecule has 0 aliphatic carbocycles. The first-order chi connectivity index (χ1) is 8.16. The van der Waals surface area contributed by atoms with Crippen LogP contribution < -0.4 is 5.32 Å². The van der Waals surface area contributed by atoms with Crippen LogP contribution in [0.15, 0.2) is 0 Å². The van der Waals surface area contributed by atoms with Gasteiger partial charge in [-0.15, -0.1) is 0 Å². The normalized spacial score (nSPS) is 11.1. The first-order valence-corrected chi connectivity index (χ1v) is 8.01. The van der Waals surface area contributed by atoms with Gasteiger partial charge in [0.25, 0.3) is 0 Å². The summed E-state index contributed by atoms with van der Waals surface area (Å²) in [5, 5.41) is 8.48. The highest BCUT2D eigenvalue weighted by atomic mass is 127. The molecule has 17 heavy (non-hydrogen) atoms. The molecule has 3 nitrogen and oxygen atoms in total. The number of nitrogens with zero attached hydrogens (tertiary/aromatic N) is 2. The van der Waals surface area contributed by atoms with E-state index >= 15 is 0 Å². The van der Waals surface area contributed by atoms with E-state index < -0.39 is 0 Å². The number of nitrogens with one attached hydrogen (secondary N) is 1. The fourth-order valence-electron chi connectivity index (χ4n) is 1.79. The third-order valence-corrected chi connectivity index (χ3v) is 4.04. The second kappa shape index (κ2) is 8.32. The molecule has 0 amide bonds. The number of unbranched alkanes of at least 4 members (excludes halogenated alkanes) is 3. The lowest BCUT2D eigenvalue weighted by Gasteiger charge is -2.04. The molecule has 0 atom stereocenters. The van der Waals surface area contributed by atoms with E-state index in [-0.39, 0.29) is 0 Å². The van der Waals surface area contributed by atoms with Gasteiger partial charge in [0.2, 0.25) is 0 Å². The lowest BCUT2D eigenvalue weighted by molar-refractivity contribution is 0.599. The molecule has 1 aromatic rings. The number of hydrogen-bond donors (Lipinski definition) is 1. The highest BCUT2D eigenvalue weighted by Crippen LogP contribution is 2.17. The molecule has 0 aliphatic heterocycles. The summed E-state index contributed by atoms with van der Waals surface area (Å²) in [5.41, 5.74) is 2.15. The standard InChI is InChI=1S/C12H21ClIN3/c1-10-11(12(13)17(2)16-10)9-15-8-6-4-3-5-7-14/h15H,3-9H2,1-2H3. The van der Waals surface area contributed by atoms with Gasteiger partial charge in [0.1, 0.15) is 5.15 Å². The highest BCUT2D eigenvalue weighted by Gasteiger charge is 2.09. The van der Waals surface area contributed by atoms with Crippen LogP contribution in [0.25, 0.3) is 0 Å². The van der Waals surface area contributed by atoms with Crippen LogP contribution in [0.3, 0.4) is 0 Å². The van der Waals surface area contributed by atoms with Crippen LogP contribution >= 0.6 is 34.2 Å². The van der Waals surface area contributed by atoms with Crippen molar-refractivity contribution in [1.82, 2.24) is 15.1 Å². The van der Waals surface area contributed by atoms with E-state index in [0.29, 0.717) is 0 Å². The predicted octanol–water partition coefficient (Wildman–Crippen LogP) is 3.47. The quantitative estimate of drug-likeness (QED) is 0.432. The average molecular weight is 370 g/mol. The van der Waals surface area contributed by atoms with Gasteiger partial charge in [-0.25, -0.2) is 0 Å². The Kier molecular flexibility index (Phi) is 7.46. The Morgan fingerprint density at radius 2 is 2.00 bits per heavy atom. The van der Waals surface area contributed by atoms with Gasteiger partial charge in [0.15, 0.2) is 0 Å². The monoisotopic (exact) mass is 369 g/mol. The zero-order chi connectivity index (χ0) is 12.7. The van der Waals surface area contributed by atoms with E-state index in [0.717, 1.165) is 29.5 Å². The van der Waals surface area contributed by atoms with Crippen molar-refractivity contribution in [1.29, 1.82) is 0 Å². The van der Waals surface area contributed by atoms with Crippen molar-refractivity contribution in [3.8, 4) is 0 Å². The maximum atomic E-state index is 6.16. The molecule has 0 saturated heterocycles. The van der Waals surface area contributed by atoms with E-state index in [1.807, 2.05) is 14.0 Å². The highest BCUT2D eigenvalue weighted by molar-refractivity contribution is 14.1. The molecule has 0 aliphatic rings. The fraction of sp³-hybridized carbons (Fsp3) is 0.750. The molecule has 1 aromatic heterocycles. The smallest absolute Gasteiger partial charge is 0.131 e. The Hall–Kier alpha value is 0.190. The average Bonchev–Trinajstić information content (AvgIpc) is 2.54. The van der Waals surface area contributed by atoms with Crippen molar-refractivity contribution in [3.63, 3.8) is 0 Å². The Bertz CT molecular complexity index is 339. The minimum absolute atomic E-state index is 0.750. The van der Waals surface area contributed by atoms with Crippen LogP contribution in [0.4, 0.5) is 0 Å². The molecule has 0 radical (unpaired) electrons. The van der Waals surface area contributed by atoms with Gasteiger partial charge in [-0.3, -0.25) is 4.68 Å². The van der Waals surface area contributed by atoms with Crippen LogP contribution in [0.1, 0.15) is 36.9 Å². The molecule has 0 fully saturated rings. The third kappa shape index (κ3) is 5.14. The molecule has 5 heteroatoms. The van der Waals surface area contributed by atoms with Gasteiger partial charge in [-0.2, -0.15) is 5.10 Å². The van der Waals surface area contributed by atoms with Crippen molar-refractivity contribution >= 4 is 34.2 Å². The number of hydrogen-bond acceptors (Lipinski definition) is 2. The van der Waals surface area contributed by atoms with Gasteiger partial charge in [-0.05, 0) is 30.7 Å². The molecule has 0 unspecified atom stereocenters. The predicted molar refractivity (Wildman–Crippen MR) is 82.0 cm³/mol. The van der Waals surface area contributed by atoms with Crippen LogP contribution in [0, 0.1) is 6.92 Å². The maximum absolute atomic E-state index is 6.16. The summed E-state index contributed by atoms with van der Waals surface area (Å²) in [7, 11) is 1.88. The summed E-state index contributed by atoms with van der Waals surface area (Å²) in [6, 6.07) is 0. The molecular weight excluding hydrogens is 349 g/mol. The minimum Gasteiger partial charge on any atom is -0.312 e. The third-order valence-electron chi connectivity index (χ3n) is 2.81. The van der Waals surface area contributed by atoms with E-state index in [1.54, 1.807) is 4.68 Å². The molecule has 0 spiro atoms. The second-order valence-electron chi connectivity index (χ2n) is 4.26. The lowest BCUT2D eigenvalue weighted by atomic mass is 10.2. The Balaban J connectivity index is 2.18. The summed E-state index contributed by atoms with van der Waals surface area (Å²) >= 11 is 8.59. The molecule has 0 aromatic carbocycles. The second-order valence-corrected chi connectivity index (χ2v) is 5.70. The van der Waals surface area contributed by atoms with E-state index in [9.17, 15) is 0 Å². The first-order valence-electron chi connectivity index (χ1n) is 6.11. The van der Waals surface area contributed by atoms with E-state index in [1.165, 1.54) is 30.1 Å². The molecule has 0 bridgehead atoms. The summed E-state index contributed by atoms with van der Waals surface area (Å²) in [6.07, 6.45) is 5.24. The lowest BCUT2D eigenvalue weighted by Crippen LogP contribution is -2.15. The van der Waals surface area contributed by atoms with Crippen LogP contribution in [-0.4, -0.2) is 20.8 Å². The zero-order valence-corrected chi connectivity index (χ0v) is 13.5. The Morgan fingerprint density at radius 1 is 1.29 bits per heavy atom. The zero-order valence-electron chi connectivity index (χ0n) is 10.6. The first kappa shape index (κ1) is 15.2. The fourth-order valence-corrected chi connectivity index (χ4v) is 2.57. The molecule has 1 rings (SSSR count). The SMILES string of the molecule is Cc1nn(C)c(Cl)c1CNCCCCCCI. The van der Waals surface area contributed by atoms with Gasteiger partial charge in [-0.1, -0.05) is 47.0 Å². The molecule has 1 heterocycles. The largest absolute Gasteiger partial charge is 0.312 e. The number of rotatable bonds is 8. The van der Waals surface area contributed by atoms with Gasteiger partial charge >= 0.3 is 0 Å². The number of aryl methyl sites for hydroxylation is 2. The van der Waals surface area contributed by atoms with Crippen LogP contribution in [0.5, 0.6) is 0 Å². The number of alkyl halides is 1. The summed E-state index contributed by atoms with van der Waals surface area (Å²) < 4.78 is 3.00. The maximum Gasteiger partial charge on any atom is 0.131 e. The Morgan fingerprint density at radius 3 is 2.59 bits per heavy atom. The van der Waals surface area contributed by atoms with Crippen molar-refractivity contribution in [2.24, 2.45) is 7.05 Å². The number of aromatic nitrogens is 2. The van der Waals surface area contributed by atoms with Gasteiger partial charge in [0.05, 0.1) is 5.69 Å². The molecule has 0 saturated carbocycles. The topological polar surface area (TPSA) is 29.9 Å². The van der Waals surface area contributed by atoms with Gasteiger partial charge in [0, 0.05) is 19.2 Å². The molecular formula is C12H21ClIN3. The van der Waals surface area contributed by atoms with Crippen molar-refractivity contribution in [2.75, 3.05) is 11.0 Å². The van der Waals surface area contributed by atoms with Crippen molar-refractivity contribution in [3.05, 3.63) is 16.4 Å². The molecule has 98 valence electrons. The van der Waals surface area contributed by atoms with Crippen molar-refractivity contribution in [2.45, 2.75) is 39.2 Å². The van der Waals surface area contributed by atoms with E-state index in [4.69, 9.17) is 11.6 Å². The van der Waals surface area contributed by atoms with Crippen LogP contribution in [0.2, 0.25) is 5.15 Å². The number of halogens is 2. The summed E-state index contributed by atoms with van der Waals surface area (Å²) in [4.78, 5) is 0.